The largest absolute Gasteiger partial charge is 0.393 e. The molecule has 2 saturated carbocycles. The normalized spacial score (nSPS) is 34.1. The van der Waals surface area contributed by atoms with Gasteiger partial charge in [-0.25, -0.2) is 0 Å². The molecule has 4 nitrogen and oxygen atoms in total. The van der Waals surface area contributed by atoms with Crippen molar-refractivity contribution in [2.24, 2.45) is 5.92 Å². The van der Waals surface area contributed by atoms with Gasteiger partial charge < -0.3 is 10.0 Å². The van der Waals surface area contributed by atoms with Crippen molar-refractivity contribution in [1.82, 2.24) is 9.80 Å². The van der Waals surface area contributed by atoms with Gasteiger partial charge in [0.25, 0.3) is 0 Å². The molecule has 2 aliphatic carbocycles. The Kier molecular flexibility index (Phi) is 4.85. The highest BCUT2D eigenvalue weighted by Gasteiger charge is 2.39. The van der Waals surface area contributed by atoms with Gasteiger partial charge in [-0.15, -0.1) is 0 Å². The predicted molar refractivity (Wildman–Crippen MR) is 83.0 cm³/mol. The molecule has 0 bridgehead atoms. The number of amides is 1. The van der Waals surface area contributed by atoms with Gasteiger partial charge in [-0.3, -0.25) is 9.69 Å². The van der Waals surface area contributed by atoms with Crippen LogP contribution >= 0.6 is 0 Å². The number of likely N-dealkylation sites (tertiary alicyclic amines) is 1. The van der Waals surface area contributed by atoms with Crippen molar-refractivity contribution >= 4 is 5.91 Å². The van der Waals surface area contributed by atoms with Crippen LogP contribution in [0.15, 0.2) is 0 Å². The maximum absolute atomic E-state index is 12.5. The maximum Gasteiger partial charge on any atom is 0.236 e. The van der Waals surface area contributed by atoms with E-state index in [2.05, 4.69) is 16.7 Å². The summed E-state index contributed by atoms with van der Waals surface area (Å²) < 4.78 is 0. The lowest BCUT2D eigenvalue weighted by atomic mass is 9.80. The number of likely N-dealkylation sites (N-methyl/N-ethyl adjacent to an activating group) is 1. The van der Waals surface area contributed by atoms with Gasteiger partial charge in [0.1, 0.15) is 0 Å². The fourth-order valence-electron chi connectivity index (χ4n) is 4.41. The lowest BCUT2D eigenvalue weighted by Crippen LogP contribution is -2.47. The average molecular weight is 294 g/mol. The molecule has 3 unspecified atom stereocenters. The van der Waals surface area contributed by atoms with Crippen molar-refractivity contribution < 1.29 is 9.90 Å². The molecule has 0 aromatic heterocycles. The summed E-state index contributed by atoms with van der Waals surface area (Å²) in [5.74, 6) is 0.697. The highest BCUT2D eigenvalue weighted by atomic mass is 16.3. The summed E-state index contributed by atoms with van der Waals surface area (Å²) in [4.78, 5) is 17.0. The molecule has 3 fully saturated rings. The quantitative estimate of drug-likeness (QED) is 0.843. The smallest absolute Gasteiger partial charge is 0.236 e. The fraction of sp³-hybridized carbons (Fsp3) is 0.941. The second-order valence-corrected chi connectivity index (χ2v) is 7.11. The number of aliphatic hydroxyl groups excluding tert-OH is 1. The summed E-state index contributed by atoms with van der Waals surface area (Å²) in [5, 5.41) is 10.3. The third-order valence-corrected chi connectivity index (χ3v) is 5.68. The van der Waals surface area contributed by atoms with Crippen molar-refractivity contribution in [3.63, 3.8) is 0 Å². The Bertz CT molecular complexity index is 370. The van der Waals surface area contributed by atoms with Crippen LogP contribution in [-0.4, -0.2) is 58.6 Å². The minimum absolute atomic E-state index is 0.148. The van der Waals surface area contributed by atoms with E-state index < -0.39 is 0 Å². The molecule has 0 spiro atoms. The molecule has 0 radical (unpaired) electrons. The van der Waals surface area contributed by atoms with E-state index in [4.69, 9.17) is 0 Å². The van der Waals surface area contributed by atoms with E-state index in [0.717, 1.165) is 38.8 Å². The number of hydrogen-bond acceptors (Lipinski definition) is 3. The first-order chi connectivity index (χ1) is 10.2. The van der Waals surface area contributed by atoms with Gasteiger partial charge in [0.05, 0.1) is 12.6 Å². The van der Waals surface area contributed by atoms with Crippen LogP contribution in [0.2, 0.25) is 0 Å². The summed E-state index contributed by atoms with van der Waals surface area (Å²) in [6, 6.07) is 0.950. The monoisotopic (exact) mass is 294 g/mol. The average Bonchev–Trinajstić information content (AvgIpc) is 3.20. The van der Waals surface area contributed by atoms with Gasteiger partial charge in [0.2, 0.25) is 5.91 Å². The Morgan fingerprint density at radius 3 is 2.57 bits per heavy atom. The zero-order chi connectivity index (χ0) is 14.8. The first-order valence-corrected chi connectivity index (χ1v) is 8.92. The molecule has 21 heavy (non-hydrogen) atoms. The van der Waals surface area contributed by atoms with Crippen molar-refractivity contribution in [2.45, 2.75) is 76.5 Å². The van der Waals surface area contributed by atoms with Crippen LogP contribution in [0.5, 0.6) is 0 Å². The first-order valence-electron chi connectivity index (χ1n) is 8.92. The van der Waals surface area contributed by atoms with Crippen LogP contribution < -0.4 is 0 Å². The molecule has 0 aromatic rings. The number of aliphatic hydroxyl groups is 1. The van der Waals surface area contributed by atoms with E-state index in [1.807, 2.05) is 0 Å². The number of hydrogen-bond donors (Lipinski definition) is 1. The molecular formula is C17H30N2O2. The number of carbonyl (C=O) groups is 1. The summed E-state index contributed by atoms with van der Waals surface area (Å²) in [6.45, 7) is 4.52. The predicted octanol–water partition coefficient (Wildman–Crippen LogP) is 2.01. The van der Waals surface area contributed by atoms with Crippen molar-refractivity contribution in [3.8, 4) is 0 Å². The van der Waals surface area contributed by atoms with E-state index in [1.165, 1.54) is 25.7 Å². The van der Waals surface area contributed by atoms with E-state index in [0.29, 0.717) is 30.5 Å². The molecule has 1 saturated heterocycles. The van der Waals surface area contributed by atoms with Crippen molar-refractivity contribution in [3.05, 3.63) is 0 Å². The number of carbonyl (C=O) groups excluding carboxylic acids is 1. The van der Waals surface area contributed by atoms with Crippen molar-refractivity contribution in [2.75, 3.05) is 19.6 Å². The van der Waals surface area contributed by atoms with Gasteiger partial charge in [-0.1, -0.05) is 12.8 Å². The van der Waals surface area contributed by atoms with Gasteiger partial charge in [0, 0.05) is 24.5 Å². The SMILES string of the molecule is CCN(C(=O)CN1CCCC1C1CCCCC1O)C1CC1. The Morgan fingerprint density at radius 2 is 1.90 bits per heavy atom. The lowest BCUT2D eigenvalue weighted by molar-refractivity contribution is -0.133. The maximum atomic E-state index is 12.5. The van der Waals surface area contributed by atoms with Gasteiger partial charge in [0.15, 0.2) is 0 Å². The fourth-order valence-corrected chi connectivity index (χ4v) is 4.41. The Hall–Kier alpha value is -0.610. The minimum atomic E-state index is -0.148. The molecule has 120 valence electrons. The molecule has 1 N–H and O–H groups in total. The van der Waals surface area contributed by atoms with Crippen molar-refractivity contribution in [1.29, 1.82) is 0 Å². The molecule has 1 heterocycles. The topological polar surface area (TPSA) is 43.8 Å². The summed E-state index contributed by atoms with van der Waals surface area (Å²) in [6.07, 6.45) is 9.04. The third kappa shape index (κ3) is 3.42. The lowest BCUT2D eigenvalue weighted by Gasteiger charge is -2.37. The highest BCUT2D eigenvalue weighted by Crippen LogP contribution is 2.35. The summed E-state index contributed by atoms with van der Waals surface area (Å²) >= 11 is 0. The van der Waals surface area contributed by atoms with Crippen LogP contribution in [0.25, 0.3) is 0 Å². The van der Waals surface area contributed by atoms with Gasteiger partial charge in [-0.05, 0) is 52.0 Å². The summed E-state index contributed by atoms with van der Waals surface area (Å²) in [5.41, 5.74) is 0. The van der Waals surface area contributed by atoms with Crippen LogP contribution in [0, 0.1) is 5.92 Å². The van der Waals surface area contributed by atoms with Crippen LogP contribution in [0.3, 0.4) is 0 Å². The Labute approximate surface area is 128 Å². The zero-order valence-electron chi connectivity index (χ0n) is 13.3. The number of nitrogens with zero attached hydrogens (tertiary/aromatic N) is 2. The molecule has 3 atom stereocenters. The van der Waals surface area contributed by atoms with E-state index in [-0.39, 0.29) is 6.10 Å². The highest BCUT2D eigenvalue weighted by molar-refractivity contribution is 5.79. The van der Waals surface area contributed by atoms with Crippen LogP contribution in [0.1, 0.15) is 58.3 Å². The third-order valence-electron chi connectivity index (χ3n) is 5.68. The van der Waals surface area contributed by atoms with Gasteiger partial charge in [-0.2, -0.15) is 0 Å². The van der Waals surface area contributed by atoms with E-state index >= 15 is 0 Å². The standard InChI is InChI=1S/C17H30N2O2/c1-2-19(13-9-10-13)17(21)12-18-11-5-7-15(18)14-6-3-4-8-16(14)20/h13-16,20H,2-12H2,1H3. The van der Waals surface area contributed by atoms with Crippen LogP contribution in [0.4, 0.5) is 0 Å². The molecule has 0 aromatic carbocycles. The Morgan fingerprint density at radius 1 is 1.14 bits per heavy atom. The first kappa shape index (κ1) is 15.3. The van der Waals surface area contributed by atoms with Crippen LogP contribution in [-0.2, 0) is 4.79 Å². The second kappa shape index (κ2) is 6.66. The molecule has 3 aliphatic rings. The number of rotatable bonds is 5. The second-order valence-electron chi connectivity index (χ2n) is 7.11. The molecule has 1 aliphatic heterocycles. The molecule has 3 rings (SSSR count). The summed E-state index contributed by atoms with van der Waals surface area (Å²) in [7, 11) is 0. The van der Waals surface area contributed by atoms with E-state index in [9.17, 15) is 9.90 Å². The molecule has 1 amide bonds. The molecule has 4 heteroatoms. The molecular weight excluding hydrogens is 264 g/mol. The van der Waals surface area contributed by atoms with E-state index in [1.54, 1.807) is 0 Å². The zero-order valence-corrected chi connectivity index (χ0v) is 13.3. The Balaban J connectivity index is 1.59. The van der Waals surface area contributed by atoms with Gasteiger partial charge >= 0.3 is 0 Å². The minimum Gasteiger partial charge on any atom is -0.393 e.